The van der Waals surface area contributed by atoms with Gasteiger partial charge in [0.2, 0.25) is 15.9 Å². The van der Waals surface area contributed by atoms with Crippen molar-refractivity contribution in [3.8, 4) is 0 Å². The number of sulfonamides is 1. The molecule has 27 heavy (non-hydrogen) atoms. The fraction of sp³-hybridized carbons (Fsp3) is 0.222. The van der Waals surface area contributed by atoms with Crippen LogP contribution in [-0.2, 0) is 21.4 Å². The molecule has 7 nitrogen and oxygen atoms in total. The predicted octanol–water partition coefficient (Wildman–Crippen LogP) is 2.39. The molecule has 2 aromatic carbocycles. The van der Waals surface area contributed by atoms with Crippen LogP contribution in [0.3, 0.4) is 0 Å². The van der Waals surface area contributed by atoms with E-state index in [1.165, 1.54) is 28.8 Å². The van der Waals surface area contributed by atoms with Crippen LogP contribution in [0.1, 0.15) is 13.3 Å². The lowest BCUT2D eigenvalue weighted by molar-refractivity contribution is -0.116. The molecule has 0 saturated carbocycles. The number of nitrogens with one attached hydrogen (secondary N) is 2. The maximum Gasteiger partial charge on any atom is 0.308 e. The van der Waals surface area contributed by atoms with Crippen molar-refractivity contribution in [2.24, 2.45) is 0 Å². The van der Waals surface area contributed by atoms with Crippen LogP contribution in [0, 0.1) is 0 Å². The van der Waals surface area contributed by atoms with E-state index in [2.05, 4.69) is 10.0 Å². The minimum absolute atomic E-state index is 0.110. The predicted molar refractivity (Wildman–Crippen MR) is 107 cm³/mol. The number of amides is 1. The van der Waals surface area contributed by atoms with Gasteiger partial charge in [-0.25, -0.2) is 13.1 Å². The fourth-order valence-corrected chi connectivity index (χ4v) is 4.57. The Balaban J connectivity index is 1.71. The average Bonchev–Trinajstić information content (AvgIpc) is 2.96. The lowest BCUT2D eigenvalue weighted by Gasteiger charge is -2.09. The van der Waals surface area contributed by atoms with E-state index in [0.717, 1.165) is 16.0 Å². The average molecular weight is 406 g/mol. The van der Waals surface area contributed by atoms with Gasteiger partial charge in [-0.2, -0.15) is 0 Å². The normalized spacial score (nSPS) is 11.6. The third-order valence-corrected chi connectivity index (χ3v) is 6.30. The maximum atomic E-state index is 12.3. The van der Waals surface area contributed by atoms with Gasteiger partial charge in [0.15, 0.2) is 0 Å². The third kappa shape index (κ3) is 4.44. The summed E-state index contributed by atoms with van der Waals surface area (Å²) in [6.07, 6.45) is 0.698. The highest BCUT2D eigenvalue weighted by molar-refractivity contribution is 7.89. The fourth-order valence-electron chi connectivity index (χ4n) is 2.54. The van der Waals surface area contributed by atoms with Crippen LogP contribution in [0.25, 0.3) is 10.2 Å². The highest BCUT2D eigenvalue weighted by Gasteiger charge is 2.14. The molecule has 1 amide bonds. The number of benzene rings is 2. The first-order chi connectivity index (χ1) is 12.9. The van der Waals surface area contributed by atoms with Crippen molar-refractivity contribution in [1.29, 1.82) is 0 Å². The van der Waals surface area contributed by atoms with Crippen molar-refractivity contribution in [1.82, 2.24) is 9.29 Å². The maximum absolute atomic E-state index is 12.3. The van der Waals surface area contributed by atoms with E-state index in [1.54, 1.807) is 6.07 Å². The lowest BCUT2D eigenvalue weighted by atomic mass is 10.3. The van der Waals surface area contributed by atoms with Crippen molar-refractivity contribution in [3.05, 3.63) is 58.2 Å². The number of rotatable bonds is 7. The van der Waals surface area contributed by atoms with Crippen molar-refractivity contribution in [3.63, 3.8) is 0 Å². The molecule has 142 valence electrons. The number of hydrogen-bond donors (Lipinski definition) is 2. The second-order valence-electron chi connectivity index (χ2n) is 5.89. The summed E-state index contributed by atoms with van der Waals surface area (Å²) in [6, 6.07) is 13.2. The summed E-state index contributed by atoms with van der Waals surface area (Å²) in [4.78, 5) is 24.3. The number of carbonyl (C=O) groups excluding carboxylic acids is 1. The van der Waals surface area contributed by atoms with Gasteiger partial charge in [-0.3, -0.25) is 14.2 Å². The van der Waals surface area contributed by atoms with E-state index in [0.29, 0.717) is 24.2 Å². The summed E-state index contributed by atoms with van der Waals surface area (Å²) in [7, 11) is -3.55. The molecule has 9 heteroatoms. The van der Waals surface area contributed by atoms with Crippen LogP contribution in [0.15, 0.2) is 58.2 Å². The zero-order valence-corrected chi connectivity index (χ0v) is 16.3. The van der Waals surface area contributed by atoms with Gasteiger partial charge in [-0.1, -0.05) is 30.4 Å². The molecule has 0 atom stereocenters. The number of nitrogens with zero attached hydrogens (tertiary/aromatic N) is 1. The van der Waals surface area contributed by atoms with Crippen LogP contribution >= 0.6 is 11.3 Å². The molecule has 1 aromatic heterocycles. The summed E-state index contributed by atoms with van der Waals surface area (Å²) in [5.41, 5.74) is 1.17. The Hall–Kier alpha value is -2.49. The summed E-state index contributed by atoms with van der Waals surface area (Å²) < 4.78 is 28.9. The van der Waals surface area contributed by atoms with E-state index in [-0.39, 0.29) is 22.2 Å². The second-order valence-corrected chi connectivity index (χ2v) is 8.65. The quantitative estimate of drug-likeness (QED) is 0.631. The summed E-state index contributed by atoms with van der Waals surface area (Å²) >= 11 is 1.09. The minimum Gasteiger partial charge on any atom is -0.325 e. The first kappa shape index (κ1) is 19.3. The lowest BCUT2D eigenvalue weighted by Crippen LogP contribution is -2.25. The molecule has 0 radical (unpaired) electrons. The Kier molecular flexibility index (Phi) is 5.73. The van der Waals surface area contributed by atoms with Crippen molar-refractivity contribution in [2.45, 2.75) is 24.8 Å². The molecule has 3 aromatic rings. The Morgan fingerprint density at radius 3 is 2.52 bits per heavy atom. The van der Waals surface area contributed by atoms with Gasteiger partial charge in [-0.15, -0.1) is 0 Å². The molecular weight excluding hydrogens is 386 g/mol. The summed E-state index contributed by atoms with van der Waals surface area (Å²) in [5.74, 6) is -0.361. The molecule has 2 N–H and O–H groups in total. The van der Waals surface area contributed by atoms with Crippen molar-refractivity contribution >= 4 is 43.2 Å². The molecule has 0 fully saturated rings. The number of fused-ring (bicyclic) bond motifs is 1. The Labute approximate surface area is 160 Å². The minimum atomic E-state index is -3.55. The topological polar surface area (TPSA) is 97.3 Å². The number of carbonyl (C=O) groups is 1. The number of hydrogen-bond acceptors (Lipinski definition) is 5. The van der Waals surface area contributed by atoms with Crippen LogP contribution in [0.4, 0.5) is 5.69 Å². The van der Waals surface area contributed by atoms with E-state index in [1.807, 2.05) is 25.1 Å². The third-order valence-electron chi connectivity index (χ3n) is 3.87. The first-order valence-corrected chi connectivity index (χ1v) is 10.7. The van der Waals surface area contributed by atoms with Crippen molar-refractivity contribution in [2.75, 3.05) is 11.9 Å². The van der Waals surface area contributed by atoms with E-state index in [4.69, 9.17) is 0 Å². The Morgan fingerprint density at radius 1 is 1.11 bits per heavy atom. The zero-order valence-electron chi connectivity index (χ0n) is 14.6. The number of aromatic nitrogens is 1. The van der Waals surface area contributed by atoms with Gasteiger partial charge < -0.3 is 5.32 Å². The van der Waals surface area contributed by atoms with Crippen LogP contribution < -0.4 is 14.9 Å². The monoisotopic (exact) mass is 405 g/mol. The Bertz CT molecular complexity index is 1120. The van der Waals surface area contributed by atoms with Gasteiger partial charge in [0.1, 0.15) is 6.54 Å². The zero-order chi connectivity index (χ0) is 19.4. The van der Waals surface area contributed by atoms with Crippen molar-refractivity contribution < 1.29 is 13.2 Å². The highest BCUT2D eigenvalue weighted by Crippen LogP contribution is 2.17. The molecule has 3 rings (SSSR count). The highest BCUT2D eigenvalue weighted by atomic mass is 32.2. The molecule has 0 spiro atoms. The van der Waals surface area contributed by atoms with Gasteiger partial charge in [-0.05, 0) is 42.8 Å². The molecule has 0 aliphatic carbocycles. The van der Waals surface area contributed by atoms with E-state index >= 15 is 0 Å². The second kappa shape index (κ2) is 8.03. The molecule has 0 aliphatic rings. The number of anilines is 1. The van der Waals surface area contributed by atoms with Crippen LogP contribution in [0.2, 0.25) is 0 Å². The van der Waals surface area contributed by atoms with Crippen LogP contribution in [-0.4, -0.2) is 25.4 Å². The molecule has 0 aliphatic heterocycles. The van der Waals surface area contributed by atoms with E-state index in [9.17, 15) is 18.0 Å². The SMILES string of the molecule is CCCNS(=O)(=O)c1ccc(NC(=O)Cn2c(=O)sc3ccccc32)cc1. The van der Waals surface area contributed by atoms with Gasteiger partial charge in [0.25, 0.3) is 0 Å². The summed E-state index contributed by atoms with van der Waals surface area (Å²) in [5, 5.41) is 2.68. The van der Waals surface area contributed by atoms with Gasteiger partial charge >= 0.3 is 4.87 Å². The molecule has 0 unspecified atom stereocenters. The smallest absolute Gasteiger partial charge is 0.308 e. The Morgan fingerprint density at radius 2 is 1.81 bits per heavy atom. The number of para-hydroxylation sites is 1. The van der Waals surface area contributed by atoms with Crippen LogP contribution in [0.5, 0.6) is 0 Å². The molecule has 0 saturated heterocycles. The van der Waals surface area contributed by atoms with Gasteiger partial charge in [0, 0.05) is 12.2 Å². The number of thiazole rings is 1. The first-order valence-electron chi connectivity index (χ1n) is 8.38. The molecule has 0 bridgehead atoms. The largest absolute Gasteiger partial charge is 0.325 e. The van der Waals surface area contributed by atoms with Gasteiger partial charge in [0.05, 0.1) is 15.1 Å². The summed E-state index contributed by atoms with van der Waals surface area (Å²) in [6.45, 7) is 2.13. The van der Waals surface area contributed by atoms with E-state index < -0.39 is 10.0 Å². The standard InChI is InChI=1S/C18H19N3O4S2/c1-2-11-19-27(24,25)14-9-7-13(8-10-14)20-17(22)12-21-15-5-3-4-6-16(15)26-18(21)23/h3-10,19H,2,11-12H2,1H3,(H,20,22). The molecule has 1 heterocycles. The molecular formula is C18H19N3O4S2.